The van der Waals surface area contributed by atoms with Gasteiger partial charge in [0.15, 0.2) is 0 Å². The third-order valence-corrected chi connectivity index (χ3v) is 3.45. The molecule has 2 rings (SSSR count). The van der Waals surface area contributed by atoms with Crippen LogP contribution in [0.25, 0.3) is 0 Å². The van der Waals surface area contributed by atoms with E-state index in [0.717, 1.165) is 19.0 Å². The summed E-state index contributed by atoms with van der Waals surface area (Å²) < 4.78 is 2.10. The normalized spacial score (nSPS) is 10.5. The molecule has 0 aromatic carbocycles. The SMILES string of the molecule is CCn1ccnc1NCc1sccc1C. The molecule has 3 nitrogen and oxygen atoms in total. The number of thiophene rings is 1. The first-order valence-corrected chi connectivity index (χ1v) is 5.97. The molecule has 0 saturated heterocycles. The first-order chi connectivity index (χ1) is 7.31. The summed E-state index contributed by atoms with van der Waals surface area (Å²) in [5.41, 5.74) is 1.35. The van der Waals surface area contributed by atoms with E-state index in [-0.39, 0.29) is 0 Å². The summed E-state index contributed by atoms with van der Waals surface area (Å²) in [5.74, 6) is 0.949. The number of imidazole rings is 1. The highest BCUT2D eigenvalue weighted by Gasteiger charge is 2.02. The Morgan fingerprint density at radius 3 is 3.07 bits per heavy atom. The highest BCUT2D eigenvalue weighted by molar-refractivity contribution is 7.10. The molecular weight excluding hydrogens is 206 g/mol. The van der Waals surface area contributed by atoms with Crippen molar-refractivity contribution in [1.29, 1.82) is 0 Å². The number of hydrogen-bond acceptors (Lipinski definition) is 3. The fourth-order valence-corrected chi connectivity index (χ4v) is 2.32. The van der Waals surface area contributed by atoms with Crippen molar-refractivity contribution < 1.29 is 0 Å². The third kappa shape index (κ3) is 2.21. The van der Waals surface area contributed by atoms with Crippen LogP contribution in [0.4, 0.5) is 5.95 Å². The Balaban J connectivity index is 2.02. The molecule has 2 aromatic rings. The molecule has 0 fully saturated rings. The number of aryl methyl sites for hydroxylation is 2. The second-order valence-electron chi connectivity index (χ2n) is 3.42. The van der Waals surface area contributed by atoms with E-state index in [2.05, 4.69) is 40.2 Å². The summed E-state index contributed by atoms with van der Waals surface area (Å²) in [6, 6.07) is 2.15. The van der Waals surface area contributed by atoms with E-state index in [4.69, 9.17) is 0 Å². The number of anilines is 1. The molecule has 2 heterocycles. The molecule has 0 aliphatic heterocycles. The van der Waals surface area contributed by atoms with Crippen LogP contribution < -0.4 is 5.32 Å². The van der Waals surface area contributed by atoms with E-state index in [1.54, 1.807) is 11.3 Å². The largest absolute Gasteiger partial charge is 0.351 e. The number of aromatic nitrogens is 2. The summed E-state index contributed by atoms with van der Waals surface area (Å²) >= 11 is 1.79. The summed E-state index contributed by atoms with van der Waals surface area (Å²) in [6.07, 6.45) is 3.82. The molecule has 15 heavy (non-hydrogen) atoms. The maximum Gasteiger partial charge on any atom is 0.203 e. The summed E-state index contributed by atoms with van der Waals surface area (Å²) in [6.45, 7) is 6.06. The molecule has 0 amide bonds. The monoisotopic (exact) mass is 221 g/mol. The van der Waals surface area contributed by atoms with Crippen molar-refractivity contribution in [2.75, 3.05) is 5.32 Å². The predicted octanol–water partition coefficient (Wildman–Crippen LogP) is 2.89. The van der Waals surface area contributed by atoms with Gasteiger partial charge < -0.3 is 9.88 Å². The molecular formula is C11H15N3S. The highest BCUT2D eigenvalue weighted by atomic mass is 32.1. The van der Waals surface area contributed by atoms with Gasteiger partial charge in [-0.2, -0.15) is 0 Å². The molecule has 0 bridgehead atoms. The Morgan fingerprint density at radius 1 is 1.53 bits per heavy atom. The lowest BCUT2D eigenvalue weighted by Gasteiger charge is -2.07. The minimum atomic E-state index is 0.862. The van der Waals surface area contributed by atoms with Crippen LogP contribution in [0.2, 0.25) is 0 Å². The Labute approximate surface area is 93.8 Å². The van der Waals surface area contributed by atoms with Gasteiger partial charge in [-0.1, -0.05) is 0 Å². The van der Waals surface area contributed by atoms with Crippen molar-refractivity contribution >= 4 is 17.3 Å². The van der Waals surface area contributed by atoms with Gasteiger partial charge in [-0.3, -0.25) is 0 Å². The molecule has 0 atom stereocenters. The number of rotatable bonds is 4. The smallest absolute Gasteiger partial charge is 0.203 e. The molecule has 1 N–H and O–H groups in total. The molecule has 2 aromatic heterocycles. The lowest BCUT2D eigenvalue weighted by molar-refractivity contribution is 0.763. The average Bonchev–Trinajstić information content (AvgIpc) is 2.83. The van der Waals surface area contributed by atoms with Gasteiger partial charge >= 0.3 is 0 Å². The molecule has 0 aliphatic rings. The van der Waals surface area contributed by atoms with Crippen LogP contribution in [-0.2, 0) is 13.1 Å². The van der Waals surface area contributed by atoms with Crippen LogP contribution >= 0.6 is 11.3 Å². The van der Waals surface area contributed by atoms with E-state index in [1.165, 1.54) is 10.4 Å². The maximum atomic E-state index is 4.27. The van der Waals surface area contributed by atoms with Gasteiger partial charge in [0.25, 0.3) is 0 Å². The van der Waals surface area contributed by atoms with E-state index in [1.807, 2.05) is 12.4 Å². The Kier molecular flexibility index (Phi) is 3.06. The van der Waals surface area contributed by atoms with Gasteiger partial charge in [0, 0.05) is 23.8 Å². The number of nitrogens with zero attached hydrogens (tertiary/aromatic N) is 2. The van der Waals surface area contributed by atoms with Crippen molar-refractivity contribution in [2.24, 2.45) is 0 Å². The average molecular weight is 221 g/mol. The molecule has 0 unspecified atom stereocenters. The van der Waals surface area contributed by atoms with E-state index < -0.39 is 0 Å². The molecule has 0 aliphatic carbocycles. The van der Waals surface area contributed by atoms with Crippen LogP contribution in [0.3, 0.4) is 0 Å². The van der Waals surface area contributed by atoms with Gasteiger partial charge in [0.2, 0.25) is 5.95 Å². The van der Waals surface area contributed by atoms with E-state index in [9.17, 15) is 0 Å². The molecule has 0 saturated carbocycles. The first kappa shape index (κ1) is 10.2. The third-order valence-electron chi connectivity index (χ3n) is 2.43. The maximum absolute atomic E-state index is 4.27. The second-order valence-corrected chi connectivity index (χ2v) is 4.42. The molecule has 0 spiro atoms. The van der Waals surface area contributed by atoms with Crippen molar-refractivity contribution in [1.82, 2.24) is 9.55 Å². The first-order valence-electron chi connectivity index (χ1n) is 5.09. The minimum absolute atomic E-state index is 0.862. The van der Waals surface area contributed by atoms with Gasteiger partial charge in [0.1, 0.15) is 0 Å². The quantitative estimate of drug-likeness (QED) is 0.860. The van der Waals surface area contributed by atoms with Crippen molar-refractivity contribution in [3.63, 3.8) is 0 Å². The Hall–Kier alpha value is -1.29. The minimum Gasteiger partial charge on any atom is -0.351 e. The zero-order valence-corrected chi connectivity index (χ0v) is 9.84. The molecule has 80 valence electrons. The van der Waals surface area contributed by atoms with Crippen LogP contribution in [0.5, 0.6) is 0 Å². The zero-order valence-electron chi connectivity index (χ0n) is 9.03. The Morgan fingerprint density at radius 2 is 2.40 bits per heavy atom. The summed E-state index contributed by atoms with van der Waals surface area (Å²) in [4.78, 5) is 5.65. The van der Waals surface area contributed by atoms with Crippen molar-refractivity contribution in [3.8, 4) is 0 Å². The fraction of sp³-hybridized carbons (Fsp3) is 0.364. The lowest BCUT2D eigenvalue weighted by atomic mass is 10.3. The van der Waals surface area contributed by atoms with Crippen LogP contribution in [0, 0.1) is 6.92 Å². The van der Waals surface area contributed by atoms with Gasteiger partial charge in [-0.05, 0) is 30.9 Å². The standard InChI is InChI=1S/C11H15N3S/c1-3-14-6-5-12-11(14)13-8-10-9(2)4-7-15-10/h4-7H,3,8H2,1-2H3,(H,12,13). The van der Waals surface area contributed by atoms with Crippen LogP contribution in [0.15, 0.2) is 23.8 Å². The topological polar surface area (TPSA) is 29.9 Å². The fourth-order valence-electron chi connectivity index (χ4n) is 1.48. The highest BCUT2D eigenvalue weighted by Crippen LogP contribution is 2.16. The summed E-state index contributed by atoms with van der Waals surface area (Å²) in [7, 11) is 0. The zero-order chi connectivity index (χ0) is 10.7. The summed E-state index contributed by atoms with van der Waals surface area (Å²) in [5, 5.41) is 5.47. The lowest BCUT2D eigenvalue weighted by Crippen LogP contribution is -2.05. The van der Waals surface area contributed by atoms with E-state index >= 15 is 0 Å². The number of nitrogens with one attached hydrogen (secondary N) is 1. The van der Waals surface area contributed by atoms with Gasteiger partial charge in [-0.25, -0.2) is 4.98 Å². The van der Waals surface area contributed by atoms with E-state index in [0.29, 0.717) is 0 Å². The molecule has 0 radical (unpaired) electrons. The van der Waals surface area contributed by atoms with Crippen LogP contribution in [0.1, 0.15) is 17.4 Å². The van der Waals surface area contributed by atoms with Gasteiger partial charge in [0.05, 0.1) is 6.54 Å². The predicted molar refractivity (Wildman–Crippen MR) is 64.3 cm³/mol. The molecule has 4 heteroatoms. The van der Waals surface area contributed by atoms with Crippen LogP contribution in [-0.4, -0.2) is 9.55 Å². The van der Waals surface area contributed by atoms with Crippen molar-refractivity contribution in [2.45, 2.75) is 26.9 Å². The van der Waals surface area contributed by atoms with Crippen molar-refractivity contribution in [3.05, 3.63) is 34.3 Å². The Bertz CT molecular complexity index is 430. The second kappa shape index (κ2) is 4.49. The number of hydrogen-bond donors (Lipinski definition) is 1. The van der Waals surface area contributed by atoms with Gasteiger partial charge in [-0.15, -0.1) is 11.3 Å².